The maximum atomic E-state index is 12.3. The van der Waals surface area contributed by atoms with Gasteiger partial charge in [0.25, 0.3) is 5.91 Å². The summed E-state index contributed by atoms with van der Waals surface area (Å²) in [4.78, 5) is 60.8. The van der Waals surface area contributed by atoms with Gasteiger partial charge < -0.3 is 10.1 Å². The van der Waals surface area contributed by atoms with Crippen molar-refractivity contribution in [3.63, 3.8) is 0 Å². The fraction of sp³-hybridized carbons (Fsp3) is 0.350. The number of ether oxygens (including phenoxy) is 1. The van der Waals surface area contributed by atoms with Gasteiger partial charge in [0.15, 0.2) is 12.4 Å². The molecule has 1 saturated heterocycles. The zero-order chi connectivity index (χ0) is 20.3. The van der Waals surface area contributed by atoms with E-state index in [4.69, 9.17) is 4.74 Å². The Morgan fingerprint density at radius 2 is 1.75 bits per heavy atom. The number of carbonyl (C=O) groups excluding carboxylic acids is 5. The van der Waals surface area contributed by atoms with E-state index in [-0.39, 0.29) is 17.6 Å². The summed E-state index contributed by atoms with van der Waals surface area (Å²) in [6, 6.07) is 6.36. The van der Waals surface area contributed by atoms with Crippen LogP contribution in [0.2, 0.25) is 0 Å². The highest BCUT2D eigenvalue weighted by molar-refractivity contribution is 6.07. The molecule has 8 heteroatoms. The first-order valence-corrected chi connectivity index (χ1v) is 8.93. The van der Waals surface area contributed by atoms with Crippen LogP contribution < -0.4 is 5.32 Å². The topological polar surface area (TPSA) is 110 Å². The van der Waals surface area contributed by atoms with Crippen molar-refractivity contribution in [3.8, 4) is 0 Å². The van der Waals surface area contributed by atoms with Crippen LogP contribution in [0.4, 0.5) is 5.69 Å². The highest BCUT2D eigenvalue weighted by Gasteiger charge is 2.47. The normalized spacial score (nSPS) is 20.7. The number of rotatable bonds is 6. The zero-order valence-electron chi connectivity index (χ0n) is 15.3. The highest BCUT2D eigenvalue weighted by Crippen LogP contribution is 2.34. The number of benzene rings is 1. The number of hydrogen-bond acceptors (Lipinski definition) is 6. The molecular weight excluding hydrogens is 364 g/mol. The van der Waals surface area contributed by atoms with Crippen molar-refractivity contribution in [1.29, 1.82) is 0 Å². The SMILES string of the molecule is CC(=O)c1cccc(NC(=O)COC(=O)CN2C(=O)[C@H]3CC=CC[C@H]3C2=O)c1. The molecule has 0 aromatic heterocycles. The summed E-state index contributed by atoms with van der Waals surface area (Å²) < 4.78 is 4.89. The van der Waals surface area contributed by atoms with Crippen molar-refractivity contribution in [2.45, 2.75) is 19.8 Å². The largest absolute Gasteiger partial charge is 0.454 e. The van der Waals surface area contributed by atoms with Crippen LogP contribution in [0.15, 0.2) is 36.4 Å². The minimum atomic E-state index is -0.832. The number of imide groups is 1. The monoisotopic (exact) mass is 384 g/mol. The Morgan fingerprint density at radius 3 is 2.36 bits per heavy atom. The van der Waals surface area contributed by atoms with Crippen LogP contribution in [-0.4, -0.2) is 47.5 Å². The second kappa shape index (κ2) is 8.16. The molecule has 2 atom stereocenters. The summed E-state index contributed by atoms with van der Waals surface area (Å²) in [6.45, 7) is 0.349. The molecule has 1 aromatic carbocycles. The lowest BCUT2D eigenvalue weighted by molar-refractivity contribution is -0.154. The van der Waals surface area contributed by atoms with E-state index in [1.807, 2.05) is 12.2 Å². The number of fused-ring (bicyclic) bond motifs is 1. The van der Waals surface area contributed by atoms with Gasteiger partial charge in [-0.15, -0.1) is 0 Å². The predicted molar refractivity (Wildman–Crippen MR) is 98.1 cm³/mol. The van der Waals surface area contributed by atoms with Crippen molar-refractivity contribution in [3.05, 3.63) is 42.0 Å². The molecule has 1 aromatic rings. The fourth-order valence-electron chi connectivity index (χ4n) is 3.36. The van der Waals surface area contributed by atoms with Gasteiger partial charge in [0, 0.05) is 11.3 Å². The van der Waals surface area contributed by atoms with Crippen molar-refractivity contribution >= 4 is 35.2 Å². The lowest BCUT2D eigenvalue weighted by atomic mass is 9.85. The lowest BCUT2D eigenvalue weighted by Crippen LogP contribution is -2.37. The quantitative estimate of drug-likeness (QED) is 0.343. The molecular formula is C20H20N2O6. The standard InChI is InChI=1S/C20H20N2O6/c1-12(23)13-5-4-6-14(9-13)21-17(24)11-28-18(25)10-22-19(26)15-7-2-3-8-16(15)20(22)27/h2-6,9,15-16H,7-8,10-11H2,1H3,(H,21,24)/t15-,16+. The third-order valence-electron chi connectivity index (χ3n) is 4.80. The van der Waals surface area contributed by atoms with E-state index >= 15 is 0 Å². The van der Waals surface area contributed by atoms with Crippen molar-refractivity contribution in [2.24, 2.45) is 11.8 Å². The molecule has 1 heterocycles. The first kappa shape index (κ1) is 19.5. The molecule has 1 N–H and O–H groups in total. The summed E-state index contributed by atoms with van der Waals surface area (Å²) >= 11 is 0. The third-order valence-corrected chi connectivity index (χ3v) is 4.80. The summed E-state index contributed by atoms with van der Waals surface area (Å²) in [5.41, 5.74) is 0.840. The molecule has 0 spiro atoms. The molecule has 3 rings (SSSR count). The molecule has 1 aliphatic carbocycles. The van der Waals surface area contributed by atoms with Crippen LogP contribution in [0.5, 0.6) is 0 Å². The predicted octanol–water partition coefficient (Wildman–Crippen LogP) is 1.32. The molecule has 1 fully saturated rings. The van der Waals surface area contributed by atoms with Crippen LogP contribution in [0.25, 0.3) is 0 Å². The van der Waals surface area contributed by atoms with E-state index in [0.717, 1.165) is 4.90 Å². The van der Waals surface area contributed by atoms with Crippen LogP contribution in [0, 0.1) is 11.8 Å². The molecule has 0 saturated carbocycles. The molecule has 0 unspecified atom stereocenters. The Balaban J connectivity index is 1.50. The van der Waals surface area contributed by atoms with E-state index < -0.39 is 36.9 Å². The summed E-state index contributed by atoms with van der Waals surface area (Å²) in [5.74, 6) is -3.14. The van der Waals surface area contributed by atoms with Gasteiger partial charge in [0.2, 0.25) is 11.8 Å². The molecule has 28 heavy (non-hydrogen) atoms. The van der Waals surface area contributed by atoms with E-state index in [1.165, 1.54) is 13.0 Å². The smallest absolute Gasteiger partial charge is 0.326 e. The summed E-state index contributed by atoms with van der Waals surface area (Å²) in [7, 11) is 0. The Hall–Kier alpha value is -3.29. The van der Waals surface area contributed by atoms with E-state index in [0.29, 0.717) is 24.1 Å². The molecule has 0 bridgehead atoms. The van der Waals surface area contributed by atoms with Crippen molar-refractivity contribution in [1.82, 2.24) is 4.90 Å². The first-order chi connectivity index (χ1) is 13.4. The van der Waals surface area contributed by atoms with Gasteiger partial charge >= 0.3 is 5.97 Å². The summed E-state index contributed by atoms with van der Waals surface area (Å²) in [6.07, 6.45) is 4.70. The number of likely N-dealkylation sites (tertiary alicyclic amines) is 1. The number of Topliss-reactive ketones (excluding diaryl/α,β-unsaturated/α-hetero) is 1. The van der Waals surface area contributed by atoms with Crippen LogP contribution >= 0.6 is 0 Å². The van der Waals surface area contributed by atoms with Gasteiger partial charge in [0.05, 0.1) is 11.8 Å². The number of anilines is 1. The minimum Gasteiger partial charge on any atom is -0.454 e. The fourth-order valence-corrected chi connectivity index (χ4v) is 3.36. The number of amides is 3. The van der Waals surface area contributed by atoms with Crippen LogP contribution in [0.1, 0.15) is 30.1 Å². The van der Waals surface area contributed by atoms with Gasteiger partial charge in [-0.2, -0.15) is 0 Å². The number of carbonyl (C=O) groups is 5. The van der Waals surface area contributed by atoms with Gasteiger partial charge in [0.1, 0.15) is 6.54 Å². The first-order valence-electron chi connectivity index (χ1n) is 8.93. The van der Waals surface area contributed by atoms with E-state index in [2.05, 4.69) is 5.32 Å². The Labute approximate surface area is 161 Å². The number of hydrogen-bond donors (Lipinski definition) is 1. The molecule has 3 amide bonds. The number of ketones is 1. The molecule has 8 nitrogen and oxygen atoms in total. The lowest BCUT2D eigenvalue weighted by Gasteiger charge is -2.14. The number of allylic oxidation sites excluding steroid dienone is 2. The van der Waals surface area contributed by atoms with Crippen molar-refractivity contribution < 1.29 is 28.7 Å². The second-order valence-corrected chi connectivity index (χ2v) is 6.76. The molecule has 1 aliphatic heterocycles. The average Bonchev–Trinajstić information content (AvgIpc) is 2.92. The molecule has 2 aliphatic rings. The maximum absolute atomic E-state index is 12.3. The van der Waals surface area contributed by atoms with E-state index in [1.54, 1.807) is 18.2 Å². The zero-order valence-corrected chi connectivity index (χ0v) is 15.3. The maximum Gasteiger partial charge on any atom is 0.326 e. The van der Waals surface area contributed by atoms with Crippen LogP contribution in [-0.2, 0) is 23.9 Å². The molecule has 0 radical (unpaired) electrons. The minimum absolute atomic E-state index is 0.141. The number of nitrogens with one attached hydrogen (secondary N) is 1. The average molecular weight is 384 g/mol. The number of esters is 1. The second-order valence-electron chi connectivity index (χ2n) is 6.76. The van der Waals surface area contributed by atoms with E-state index in [9.17, 15) is 24.0 Å². The van der Waals surface area contributed by atoms with Gasteiger partial charge in [-0.05, 0) is 31.9 Å². The Morgan fingerprint density at radius 1 is 1.11 bits per heavy atom. The van der Waals surface area contributed by atoms with Crippen LogP contribution in [0.3, 0.4) is 0 Å². The van der Waals surface area contributed by atoms with Gasteiger partial charge in [-0.3, -0.25) is 28.9 Å². The third kappa shape index (κ3) is 4.16. The number of nitrogens with zero attached hydrogens (tertiary/aromatic N) is 1. The Kier molecular flexibility index (Phi) is 5.67. The van der Waals surface area contributed by atoms with Gasteiger partial charge in [-0.25, -0.2) is 0 Å². The highest BCUT2D eigenvalue weighted by atomic mass is 16.5. The molecule has 146 valence electrons. The summed E-state index contributed by atoms with van der Waals surface area (Å²) in [5, 5.41) is 2.52. The Bertz CT molecular complexity index is 849. The van der Waals surface area contributed by atoms with Gasteiger partial charge in [-0.1, -0.05) is 24.3 Å². The van der Waals surface area contributed by atoms with Crippen molar-refractivity contribution in [2.75, 3.05) is 18.5 Å².